The maximum atomic E-state index is 15.1. The van der Waals surface area contributed by atoms with Gasteiger partial charge in [0.05, 0.1) is 31.4 Å². The number of carbonyl (C=O) groups excluding carboxylic acids is 2. The second-order valence-corrected chi connectivity index (χ2v) is 14.1. The second kappa shape index (κ2) is 16.1. The Kier molecular flexibility index (Phi) is 12.5. The van der Waals surface area contributed by atoms with E-state index in [4.69, 9.17) is 14.2 Å². The maximum absolute atomic E-state index is 15.1. The van der Waals surface area contributed by atoms with Crippen molar-refractivity contribution in [3.05, 3.63) is 77.9 Å². The zero-order valence-corrected chi connectivity index (χ0v) is 31.1. The third-order valence-electron chi connectivity index (χ3n) is 9.62. The van der Waals surface area contributed by atoms with E-state index < -0.39 is 27.5 Å². The summed E-state index contributed by atoms with van der Waals surface area (Å²) in [5.41, 5.74) is -1.27. The summed E-state index contributed by atoms with van der Waals surface area (Å²) in [6.07, 6.45) is 1.60. The molecule has 0 spiro atoms. The summed E-state index contributed by atoms with van der Waals surface area (Å²) in [5, 5.41) is 3.06. The number of amides is 3. The first-order valence-electron chi connectivity index (χ1n) is 16.3. The van der Waals surface area contributed by atoms with Crippen LogP contribution in [0.4, 0.5) is 10.5 Å². The minimum absolute atomic E-state index is 0. The lowest BCUT2D eigenvalue weighted by atomic mass is 9.83. The van der Waals surface area contributed by atoms with Gasteiger partial charge in [-0.1, -0.05) is 18.2 Å². The molecule has 0 aromatic heterocycles. The van der Waals surface area contributed by atoms with Gasteiger partial charge in [0.25, 0.3) is 15.9 Å². The van der Waals surface area contributed by atoms with Gasteiger partial charge in [-0.15, -0.1) is 24.8 Å². The van der Waals surface area contributed by atoms with Crippen LogP contribution in [-0.2, 0) is 20.4 Å². The van der Waals surface area contributed by atoms with E-state index in [1.807, 2.05) is 6.92 Å². The van der Waals surface area contributed by atoms with Gasteiger partial charge in [-0.3, -0.25) is 9.69 Å². The summed E-state index contributed by atoms with van der Waals surface area (Å²) in [4.78, 5) is 35.8. The number of rotatable bonds is 9. The number of urea groups is 1. The number of nitrogens with one attached hydrogen (secondary N) is 1. The minimum Gasteiger partial charge on any atom is -0.497 e. The number of likely N-dealkylation sites (tertiary alicyclic amines) is 1. The first-order chi connectivity index (χ1) is 23.1. The number of hydrogen-bond donors (Lipinski definition) is 1. The lowest BCUT2D eigenvalue weighted by molar-refractivity contribution is -0.121. The highest BCUT2D eigenvalue weighted by molar-refractivity contribution is 7.93. The largest absolute Gasteiger partial charge is 0.497 e. The molecule has 0 aliphatic carbocycles. The lowest BCUT2D eigenvalue weighted by Gasteiger charge is -2.42. The Hall–Kier alpha value is -3.75. The molecule has 1 atom stereocenters. The highest BCUT2D eigenvalue weighted by Gasteiger charge is 2.59. The normalized spacial score (nSPS) is 20.0. The van der Waals surface area contributed by atoms with Crippen molar-refractivity contribution in [2.75, 3.05) is 71.4 Å². The molecule has 12 nitrogen and oxygen atoms in total. The molecular formula is C35H45Cl2N5O7S. The number of ether oxygens (including phenoxy) is 3. The molecule has 15 heteroatoms. The molecule has 3 heterocycles. The van der Waals surface area contributed by atoms with E-state index >= 15 is 4.79 Å². The van der Waals surface area contributed by atoms with Crippen LogP contribution in [0.2, 0.25) is 0 Å². The fourth-order valence-corrected chi connectivity index (χ4v) is 8.42. The number of likely N-dealkylation sites (N-methyl/N-ethyl adjacent to an activating group) is 1. The van der Waals surface area contributed by atoms with E-state index in [0.717, 1.165) is 43.3 Å². The number of halogens is 2. The Morgan fingerprint density at radius 3 is 2.10 bits per heavy atom. The Morgan fingerprint density at radius 2 is 1.48 bits per heavy atom. The van der Waals surface area contributed by atoms with Crippen LogP contribution in [0, 0.1) is 0 Å². The number of sulfonamides is 1. The average molecular weight is 751 g/mol. The summed E-state index contributed by atoms with van der Waals surface area (Å²) in [5.74, 6) is 0.357. The van der Waals surface area contributed by atoms with E-state index in [2.05, 4.69) is 22.2 Å². The molecule has 272 valence electrons. The van der Waals surface area contributed by atoms with Gasteiger partial charge in [0.15, 0.2) is 5.54 Å². The molecule has 1 N–H and O–H groups in total. The van der Waals surface area contributed by atoms with Crippen molar-refractivity contribution in [1.82, 2.24) is 20.0 Å². The van der Waals surface area contributed by atoms with Crippen molar-refractivity contribution in [2.45, 2.75) is 36.2 Å². The highest BCUT2D eigenvalue weighted by atomic mass is 35.5. The summed E-state index contributed by atoms with van der Waals surface area (Å²) in [6, 6.07) is 17.4. The Balaban J connectivity index is 0.00000281. The molecule has 0 bridgehead atoms. The zero-order chi connectivity index (χ0) is 34.1. The number of para-hydroxylation sites is 1. The fraction of sp³-hybridized carbons (Fsp3) is 0.429. The van der Waals surface area contributed by atoms with E-state index in [-0.39, 0.29) is 47.6 Å². The van der Waals surface area contributed by atoms with Gasteiger partial charge in [-0.25, -0.2) is 13.2 Å². The third-order valence-corrected chi connectivity index (χ3v) is 11.3. The molecule has 50 heavy (non-hydrogen) atoms. The van der Waals surface area contributed by atoms with E-state index in [1.54, 1.807) is 41.3 Å². The third kappa shape index (κ3) is 7.06. The number of hydrogen-bond acceptors (Lipinski definition) is 9. The van der Waals surface area contributed by atoms with Crippen molar-refractivity contribution in [3.8, 4) is 17.2 Å². The molecule has 0 radical (unpaired) electrons. The summed E-state index contributed by atoms with van der Waals surface area (Å²) < 4.78 is 46.3. The fourth-order valence-electron chi connectivity index (χ4n) is 6.96. The standard InChI is InChI=1S/C35H43N5O7S.2ClH/c1-5-47-32-9-7-6-8-29(32)35(36-34(42)39-18-16-25(17-19-39)38-22-20-37(2)21-23-38)30-24-27(46-4)12-15-31(30)40(33(35)41)48(43,44)28-13-10-26(45-3)11-14-28;;/h6-15,24-25H,5,16-23H2,1-4H3,(H,36,42);2*1H. The van der Waals surface area contributed by atoms with Crippen LogP contribution in [0.3, 0.4) is 0 Å². The first kappa shape index (κ1) is 39.0. The number of nitrogens with zero attached hydrogens (tertiary/aromatic N) is 4. The van der Waals surface area contributed by atoms with Crippen molar-refractivity contribution in [2.24, 2.45) is 0 Å². The van der Waals surface area contributed by atoms with Gasteiger partial charge in [0.1, 0.15) is 17.2 Å². The van der Waals surface area contributed by atoms with Gasteiger partial charge in [-0.05, 0) is 75.3 Å². The Morgan fingerprint density at radius 1 is 0.860 bits per heavy atom. The molecule has 0 saturated carbocycles. The van der Waals surface area contributed by atoms with Crippen LogP contribution in [-0.4, -0.2) is 108 Å². The number of methoxy groups -OCH3 is 2. The number of piperidine rings is 1. The second-order valence-electron chi connectivity index (χ2n) is 12.3. The van der Waals surface area contributed by atoms with Gasteiger partial charge in [-0.2, -0.15) is 4.31 Å². The average Bonchev–Trinajstić information content (AvgIpc) is 3.36. The smallest absolute Gasteiger partial charge is 0.318 e. The van der Waals surface area contributed by atoms with Gasteiger partial charge < -0.3 is 29.3 Å². The van der Waals surface area contributed by atoms with E-state index in [1.165, 1.54) is 44.6 Å². The van der Waals surface area contributed by atoms with Crippen LogP contribution < -0.4 is 23.8 Å². The lowest BCUT2D eigenvalue weighted by Crippen LogP contribution is -2.59. The quantitative estimate of drug-likeness (QED) is 0.341. The van der Waals surface area contributed by atoms with Crippen molar-refractivity contribution in [3.63, 3.8) is 0 Å². The Bertz CT molecular complexity index is 1770. The van der Waals surface area contributed by atoms with Gasteiger partial charge >= 0.3 is 6.03 Å². The van der Waals surface area contributed by atoms with Crippen molar-refractivity contribution in [1.29, 1.82) is 0 Å². The molecule has 3 aliphatic rings. The maximum Gasteiger partial charge on any atom is 0.318 e. The molecule has 3 amide bonds. The molecule has 2 fully saturated rings. The van der Waals surface area contributed by atoms with E-state index in [0.29, 0.717) is 41.9 Å². The van der Waals surface area contributed by atoms with Crippen molar-refractivity contribution >= 4 is 52.5 Å². The molecule has 3 aliphatic heterocycles. The molecule has 2 saturated heterocycles. The summed E-state index contributed by atoms with van der Waals surface area (Å²) >= 11 is 0. The zero-order valence-electron chi connectivity index (χ0n) is 28.7. The number of piperazine rings is 1. The molecule has 3 aromatic rings. The molecular weight excluding hydrogens is 705 g/mol. The Labute approximate surface area is 306 Å². The van der Waals surface area contributed by atoms with Crippen molar-refractivity contribution < 1.29 is 32.2 Å². The molecule has 6 rings (SSSR count). The minimum atomic E-state index is -4.46. The van der Waals surface area contributed by atoms with Crippen LogP contribution in [0.25, 0.3) is 0 Å². The monoisotopic (exact) mass is 749 g/mol. The van der Waals surface area contributed by atoms with Gasteiger partial charge in [0, 0.05) is 56.4 Å². The topological polar surface area (TPSA) is 121 Å². The van der Waals surface area contributed by atoms with Crippen LogP contribution in [0.5, 0.6) is 17.2 Å². The summed E-state index contributed by atoms with van der Waals surface area (Å²) in [6.45, 7) is 7.13. The first-order valence-corrected chi connectivity index (χ1v) is 17.7. The SMILES string of the molecule is CCOc1ccccc1C1(NC(=O)N2CCC(N3CCN(C)CC3)CC2)C(=O)N(S(=O)(=O)c2ccc(OC)cc2)c2ccc(OC)cc21.Cl.Cl. The van der Waals surface area contributed by atoms with Crippen LogP contribution in [0.15, 0.2) is 71.6 Å². The number of anilines is 1. The number of carbonyl (C=O) groups is 2. The summed E-state index contributed by atoms with van der Waals surface area (Å²) in [7, 11) is 0.643. The number of fused-ring (bicyclic) bond motifs is 1. The van der Waals surface area contributed by atoms with Gasteiger partial charge in [0.2, 0.25) is 0 Å². The van der Waals surface area contributed by atoms with Crippen LogP contribution >= 0.6 is 24.8 Å². The predicted octanol–water partition coefficient (Wildman–Crippen LogP) is 4.35. The number of benzene rings is 3. The van der Waals surface area contributed by atoms with E-state index in [9.17, 15) is 13.2 Å². The highest BCUT2D eigenvalue weighted by Crippen LogP contribution is 2.50. The predicted molar refractivity (Wildman–Crippen MR) is 196 cm³/mol. The molecule has 3 aromatic carbocycles. The van der Waals surface area contributed by atoms with Crippen LogP contribution in [0.1, 0.15) is 30.9 Å². The molecule has 1 unspecified atom stereocenters.